The maximum atomic E-state index is 11.4. The number of carbonyl (C=O) groups is 2. The van der Waals surface area contributed by atoms with Gasteiger partial charge < -0.3 is 0 Å². The fourth-order valence-electron chi connectivity index (χ4n) is 1.45. The molecule has 2 aromatic rings. The third-order valence-corrected chi connectivity index (χ3v) is 2.34. The monoisotopic (exact) mass is 272 g/mol. The van der Waals surface area contributed by atoms with Gasteiger partial charge in [-0.05, 0) is 18.2 Å². The predicted octanol–water partition coefficient (Wildman–Crippen LogP) is -0.0228. The van der Waals surface area contributed by atoms with Crippen LogP contribution < -0.4 is 10.8 Å². The number of nitrogens with one attached hydrogen (secondary N) is 1. The molecule has 0 saturated heterocycles. The van der Waals surface area contributed by atoms with E-state index in [0.717, 1.165) is 5.69 Å². The first kappa shape index (κ1) is 13.6. The van der Waals surface area contributed by atoms with Crippen molar-refractivity contribution in [3.8, 4) is 5.69 Å². The first-order valence-corrected chi connectivity index (χ1v) is 5.73. The van der Waals surface area contributed by atoms with Crippen molar-refractivity contribution >= 4 is 11.8 Å². The smallest absolute Gasteiger partial charge is 0.277 e. The number of rotatable bonds is 2. The molecular weight excluding hydrogens is 260 g/mol. The van der Waals surface area contributed by atoms with E-state index in [4.69, 9.17) is 0 Å². The molecule has 1 N–H and O–H groups in total. The molecule has 0 aliphatic heterocycles. The quantitative estimate of drug-likeness (QED) is 0.615. The van der Waals surface area contributed by atoms with E-state index in [1.54, 1.807) is 16.9 Å². The molecule has 2 amide bonds. The van der Waals surface area contributed by atoms with Crippen LogP contribution in [0, 0.1) is 0 Å². The van der Waals surface area contributed by atoms with Crippen molar-refractivity contribution in [1.29, 1.82) is 0 Å². The number of hydrogen-bond donors (Lipinski definition) is 1. The standard InChI is InChI=1S/C13H12N4O3/c1-20-16-13(19)12(18)15-10-7-8-17(14-9-10)11-5-3-2-4-6-11/h2-9H,1H3,(H,16,19). The van der Waals surface area contributed by atoms with E-state index in [1.165, 1.54) is 13.3 Å². The van der Waals surface area contributed by atoms with Crippen molar-refractivity contribution in [2.45, 2.75) is 0 Å². The van der Waals surface area contributed by atoms with Gasteiger partial charge in [0.25, 0.3) is 0 Å². The fourth-order valence-corrected chi connectivity index (χ4v) is 1.45. The molecule has 7 nitrogen and oxygen atoms in total. The van der Waals surface area contributed by atoms with Crippen LogP contribution in [0.1, 0.15) is 0 Å². The Morgan fingerprint density at radius 2 is 2.00 bits per heavy atom. The maximum absolute atomic E-state index is 11.4. The minimum absolute atomic E-state index is 0.286. The molecule has 102 valence electrons. The van der Waals surface area contributed by atoms with Crippen molar-refractivity contribution < 1.29 is 14.4 Å². The fraction of sp³-hybridized carbons (Fsp3) is 0.0769. The molecule has 1 aromatic heterocycles. The molecular formula is C13H12N4O3. The number of hydroxylamine groups is 1. The Labute approximate surface area is 114 Å². The molecule has 7 heteroatoms. The highest BCUT2D eigenvalue weighted by Crippen LogP contribution is 2.02. The molecule has 0 saturated carbocycles. The Morgan fingerprint density at radius 3 is 2.60 bits per heavy atom. The van der Waals surface area contributed by atoms with E-state index in [9.17, 15) is 9.59 Å². The van der Waals surface area contributed by atoms with Gasteiger partial charge in [0.15, 0.2) is 0 Å². The van der Waals surface area contributed by atoms with Gasteiger partial charge in [0.1, 0.15) is 0 Å². The number of carbonyl (C=O) groups excluding carboxylic acids is 2. The Hall–Kier alpha value is -2.80. The van der Waals surface area contributed by atoms with Crippen LogP contribution in [0.2, 0.25) is 0 Å². The third-order valence-electron chi connectivity index (χ3n) is 2.34. The first-order valence-electron chi connectivity index (χ1n) is 5.73. The molecule has 0 fully saturated rings. The summed E-state index contributed by atoms with van der Waals surface area (Å²) in [4.78, 5) is 30.4. The van der Waals surface area contributed by atoms with Crippen LogP contribution in [0.5, 0.6) is 0 Å². The molecule has 0 bridgehead atoms. The van der Waals surface area contributed by atoms with Gasteiger partial charge in [0.05, 0.1) is 24.4 Å². The summed E-state index contributed by atoms with van der Waals surface area (Å²) < 4.78 is 1.62. The second kappa shape index (κ2) is 6.39. The second-order valence-electron chi connectivity index (χ2n) is 3.72. The average Bonchev–Trinajstić information content (AvgIpc) is 2.49. The molecule has 0 aliphatic carbocycles. The Morgan fingerprint density at radius 1 is 1.25 bits per heavy atom. The first-order chi connectivity index (χ1) is 9.70. The van der Waals surface area contributed by atoms with Gasteiger partial charge >= 0.3 is 11.8 Å². The zero-order valence-electron chi connectivity index (χ0n) is 10.7. The minimum atomic E-state index is -0.953. The van der Waals surface area contributed by atoms with Gasteiger partial charge in [-0.2, -0.15) is 5.10 Å². The van der Waals surface area contributed by atoms with Crippen molar-refractivity contribution in [1.82, 2.24) is 15.3 Å². The van der Waals surface area contributed by atoms with Gasteiger partial charge in [-0.15, -0.1) is 0 Å². The number of hydrogen-bond acceptors (Lipinski definition) is 4. The SMILES string of the molecule is CONC(=O)C(=O)N=c1ccn(-c2ccccc2)nc1. The van der Waals surface area contributed by atoms with Crippen molar-refractivity contribution in [2.24, 2.45) is 4.99 Å². The molecule has 0 radical (unpaired) electrons. The largest absolute Gasteiger partial charge is 0.337 e. The summed E-state index contributed by atoms with van der Waals surface area (Å²) in [6.45, 7) is 0. The summed E-state index contributed by atoms with van der Waals surface area (Å²) in [6, 6.07) is 11.0. The molecule has 1 heterocycles. The number of aromatic nitrogens is 2. The highest BCUT2D eigenvalue weighted by Gasteiger charge is 2.10. The summed E-state index contributed by atoms with van der Waals surface area (Å²) in [5, 5.41) is 4.40. The van der Waals surface area contributed by atoms with Crippen LogP contribution in [0.3, 0.4) is 0 Å². The van der Waals surface area contributed by atoms with E-state index in [0.29, 0.717) is 0 Å². The normalized spacial score (nSPS) is 11.2. The summed E-state index contributed by atoms with van der Waals surface area (Å²) in [5.41, 5.74) is 2.77. The van der Waals surface area contributed by atoms with Crippen LogP contribution in [0.25, 0.3) is 5.69 Å². The second-order valence-corrected chi connectivity index (χ2v) is 3.72. The Bertz CT molecular complexity index is 659. The van der Waals surface area contributed by atoms with E-state index < -0.39 is 11.8 Å². The summed E-state index contributed by atoms with van der Waals surface area (Å²) in [5.74, 6) is -1.89. The van der Waals surface area contributed by atoms with Gasteiger partial charge in [0, 0.05) is 6.20 Å². The highest BCUT2D eigenvalue weighted by molar-refractivity contribution is 6.35. The van der Waals surface area contributed by atoms with E-state index in [-0.39, 0.29) is 5.36 Å². The van der Waals surface area contributed by atoms with Crippen LogP contribution in [0.15, 0.2) is 53.8 Å². The molecule has 1 aromatic carbocycles. The topological polar surface area (TPSA) is 85.6 Å². The van der Waals surface area contributed by atoms with E-state index in [1.807, 2.05) is 35.8 Å². The zero-order chi connectivity index (χ0) is 14.4. The molecule has 0 spiro atoms. The minimum Gasteiger partial charge on any atom is -0.277 e. The van der Waals surface area contributed by atoms with E-state index in [2.05, 4.69) is 14.9 Å². The van der Waals surface area contributed by atoms with Gasteiger partial charge in [-0.25, -0.2) is 15.2 Å². The zero-order valence-corrected chi connectivity index (χ0v) is 10.7. The number of para-hydroxylation sites is 1. The Kier molecular flexibility index (Phi) is 4.35. The number of benzene rings is 1. The van der Waals surface area contributed by atoms with Crippen LogP contribution in [0.4, 0.5) is 0 Å². The van der Waals surface area contributed by atoms with Crippen LogP contribution >= 0.6 is 0 Å². The van der Waals surface area contributed by atoms with E-state index >= 15 is 0 Å². The van der Waals surface area contributed by atoms with Crippen LogP contribution in [-0.4, -0.2) is 28.7 Å². The lowest BCUT2D eigenvalue weighted by Gasteiger charge is -2.03. The Balaban J connectivity index is 2.20. The molecule has 20 heavy (non-hydrogen) atoms. The van der Waals surface area contributed by atoms with Crippen LogP contribution in [-0.2, 0) is 14.4 Å². The van der Waals surface area contributed by atoms with Gasteiger partial charge in [0.2, 0.25) is 0 Å². The average molecular weight is 272 g/mol. The lowest BCUT2D eigenvalue weighted by molar-refractivity contribution is -0.143. The summed E-state index contributed by atoms with van der Waals surface area (Å²) >= 11 is 0. The van der Waals surface area contributed by atoms with Gasteiger partial charge in [-0.1, -0.05) is 18.2 Å². The van der Waals surface area contributed by atoms with Crippen molar-refractivity contribution in [2.75, 3.05) is 7.11 Å². The number of amides is 2. The lowest BCUT2D eigenvalue weighted by atomic mass is 10.3. The van der Waals surface area contributed by atoms with Gasteiger partial charge in [-0.3, -0.25) is 14.4 Å². The summed E-state index contributed by atoms with van der Waals surface area (Å²) in [6.07, 6.45) is 3.04. The van der Waals surface area contributed by atoms with Crippen molar-refractivity contribution in [3.63, 3.8) is 0 Å². The molecule has 0 atom stereocenters. The van der Waals surface area contributed by atoms with Crippen molar-refractivity contribution in [3.05, 3.63) is 54.1 Å². The maximum Gasteiger partial charge on any atom is 0.337 e. The molecule has 0 unspecified atom stereocenters. The third kappa shape index (κ3) is 3.36. The predicted molar refractivity (Wildman–Crippen MR) is 69.3 cm³/mol. The lowest BCUT2D eigenvalue weighted by Crippen LogP contribution is -2.30. The number of nitrogens with zero attached hydrogens (tertiary/aromatic N) is 3. The summed E-state index contributed by atoms with van der Waals surface area (Å²) in [7, 11) is 1.23. The molecule has 0 aliphatic rings. The molecule has 2 rings (SSSR count). The highest BCUT2D eigenvalue weighted by atomic mass is 16.6.